The molecule has 1 atom stereocenters. The van der Waals surface area contributed by atoms with Gasteiger partial charge < -0.3 is 20.5 Å². The van der Waals surface area contributed by atoms with E-state index in [0.717, 1.165) is 56.6 Å². The number of hydrogen-bond acceptors (Lipinski definition) is 5. The smallest absolute Gasteiger partial charge is 0.326 e. The molecule has 0 unspecified atom stereocenters. The number of pyridine rings is 1. The van der Waals surface area contributed by atoms with E-state index < -0.39 is 29.2 Å². The van der Waals surface area contributed by atoms with Gasteiger partial charge in [-0.2, -0.15) is 0 Å². The van der Waals surface area contributed by atoms with Crippen molar-refractivity contribution in [2.45, 2.75) is 75.3 Å². The summed E-state index contributed by atoms with van der Waals surface area (Å²) in [6, 6.07) is 9.48. The van der Waals surface area contributed by atoms with Crippen molar-refractivity contribution in [3.05, 3.63) is 59.0 Å². The van der Waals surface area contributed by atoms with E-state index in [1.165, 1.54) is 11.6 Å². The number of aryl methyl sites for hydroxylation is 2. The van der Waals surface area contributed by atoms with Crippen LogP contribution in [-0.4, -0.2) is 47.3 Å². The monoisotopic (exact) mass is 495 g/mol. The van der Waals surface area contributed by atoms with Crippen LogP contribution in [0.15, 0.2) is 36.4 Å². The SMILES string of the molecule is O=C(O)[C@H](CCOC1CC(CCc2ccc3c(n2)NCCC3)C1)NC(=O)C1(c2ccccc2F)CC1. The minimum absolute atomic E-state index is 0.131. The van der Waals surface area contributed by atoms with Crippen molar-refractivity contribution in [2.24, 2.45) is 5.92 Å². The molecule has 0 radical (unpaired) electrons. The van der Waals surface area contributed by atoms with Crippen molar-refractivity contribution >= 4 is 17.7 Å². The second kappa shape index (κ2) is 10.5. The van der Waals surface area contributed by atoms with Gasteiger partial charge in [0.1, 0.15) is 17.7 Å². The molecule has 2 saturated carbocycles. The van der Waals surface area contributed by atoms with Crippen molar-refractivity contribution in [3.63, 3.8) is 0 Å². The molecule has 192 valence electrons. The molecule has 1 aromatic heterocycles. The summed E-state index contributed by atoms with van der Waals surface area (Å²) < 4.78 is 20.1. The Morgan fingerprint density at radius 2 is 2.03 bits per heavy atom. The Hall–Kier alpha value is -3.00. The van der Waals surface area contributed by atoms with Crippen LogP contribution in [0.5, 0.6) is 0 Å². The summed E-state index contributed by atoms with van der Waals surface area (Å²) in [4.78, 5) is 29.4. The molecule has 2 fully saturated rings. The molecule has 0 saturated heterocycles. The highest BCUT2D eigenvalue weighted by Gasteiger charge is 2.53. The number of aliphatic carboxylic acids is 1. The fourth-order valence-corrected chi connectivity index (χ4v) is 5.41. The molecule has 1 amide bonds. The Kier molecular flexibility index (Phi) is 7.23. The summed E-state index contributed by atoms with van der Waals surface area (Å²) in [6.45, 7) is 1.25. The van der Waals surface area contributed by atoms with Gasteiger partial charge in [0, 0.05) is 30.8 Å². The highest BCUT2D eigenvalue weighted by atomic mass is 19.1. The first-order valence-electron chi connectivity index (χ1n) is 13.1. The minimum atomic E-state index is -1.10. The van der Waals surface area contributed by atoms with Crippen LogP contribution in [0.2, 0.25) is 0 Å². The quantitative estimate of drug-likeness (QED) is 0.436. The number of fused-ring (bicyclic) bond motifs is 1. The number of carboxylic acid groups (broad SMARTS) is 1. The zero-order valence-corrected chi connectivity index (χ0v) is 20.5. The molecule has 3 aliphatic rings. The third kappa shape index (κ3) is 5.38. The van der Waals surface area contributed by atoms with Gasteiger partial charge in [0.05, 0.1) is 11.5 Å². The largest absolute Gasteiger partial charge is 0.480 e. The number of nitrogens with one attached hydrogen (secondary N) is 2. The molecule has 0 spiro atoms. The molecule has 7 nitrogen and oxygen atoms in total. The molecule has 0 bridgehead atoms. The Morgan fingerprint density at radius 1 is 1.22 bits per heavy atom. The van der Waals surface area contributed by atoms with Gasteiger partial charge in [-0.1, -0.05) is 24.3 Å². The maximum Gasteiger partial charge on any atom is 0.326 e. The molecule has 3 N–H and O–H groups in total. The summed E-state index contributed by atoms with van der Waals surface area (Å²) in [6.07, 6.45) is 7.54. The topological polar surface area (TPSA) is 101 Å². The Bertz CT molecular complexity index is 1110. The average molecular weight is 496 g/mol. The van der Waals surface area contributed by atoms with E-state index in [-0.39, 0.29) is 19.1 Å². The molecule has 36 heavy (non-hydrogen) atoms. The molecular weight excluding hydrogens is 461 g/mol. The summed E-state index contributed by atoms with van der Waals surface area (Å²) in [7, 11) is 0. The lowest BCUT2D eigenvalue weighted by atomic mass is 9.79. The molecule has 1 aliphatic heterocycles. The number of amides is 1. The zero-order chi connectivity index (χ0) is 25.1. The first-order valence-corrected chi connectivity index (χ1v) is 13.1. The van der Waals surface area contributed by atoms with E-state index in [1.807, 2.05) is 0 Å². The molecular formula is C28H34FN3O4. The number of ether oxygens (including phenoxy) is 1. The summed E-state index contributed by atoms with van der Waals surface area (Å²) in [5, 5.41) is 15.6. The van der Waals surface area contributed by atoms with Crippen molar-refractivity contribution in [2.75, 3.05) is 18.5 Å². The first-order chi connectivity index (χ1) is 17.4. The number of benzene rings is 1. The lowest BCUT2D eigenvalue weighted by Crippen LogP contribution is -2.46. The van der Waals surface area contributed by atoms with Gasteiger partial charge >= 0.3 is 5.97 Å². The Labute approximate surface area is 210 Å². The minimum Gasteiger partial charge on any atom is -0.480 e. The standard InChI is InChI=1S/C28H34FN3O4/c29-23-6-2-1-5-22(23)28(12-13-28)27(35)32-24(26(33)34)11-15-36-21-16-18(17-21)7-9-20-10-8-19-4-3-14-30-25(19)31-20/h1-2,5-6,8,10,18,21,24H,3-4,7,9,11-17H2,(H,30,31)(H,32,35)(H,33,34)/t18?,21?,24-/m0/s1. The van der Waals surface area contributed by atoms with Crippen molar-refractivity contribution in [1.29, 1.82) is 0 Å². The van der Waals surface area contributed by atoms with E-state index in [4.69, 9.17) is 9.72 Å². The number of nitrogens with zero attached hydrogens (tertiary/aromatic N) is 1. The van der Waals surface area contributed by atoms with E-state index >= 15 is 0 Å². The van der Waals surface area contributed by atoms with Crippen LogP contribution in [0.3, 0.4) is 0 Å². The lowest BCUT2D eigenvalue weighted by molar-refractivity contribution is -0.143. The van der Waals surface area contributed by atoms with Crippen LogP contribution in [0, 0.1) is 11.7 Å². The maximum atomic E-state index is 14.2. The first kappa shape index (κ1) is 24.7. The van der Waals surface area contributed by atoms with Crippen molar-refractivity contribution in [1.82, 2.24) is 10.3 Å². The number of carbonyl (C=O) groups is 2. The fraction of sp³-hybridized carbons (Fsp3) is 0.536. The van der Waals surface area contributed by atoms with E-state index in [9.17, 15) is 19.1 Å². The average Bonchev–Trinajstić information content (AvgIpc) is 3.66. The van der Waals surface area contributed by atoms with E-state index in [2.05, 4.69) is 22.8 Å². The molecule has 2 aliphatic carbocycles. The van der Waals surface area contributed by atoms with E-state index in [0.29, 0.717) is 24.3 Å². The number of rotatable bonds is 11. The highest BCUT2D eigenvalue weighted by molar-refractivity contribution is 5.94. The molecule has 1 aromatic carbocycles. The molecule has 5 rings (SSSR count). The maximum absolute atomic E-state index is 14.2. The molecule has 8 heteroatoms. The predicted molar refractivity (Wildman–Crippen MR) is 133 cm³/mol. The van der Waals surface area contributed by atoms with Crippen LogP contribution in [0.1, 0.15) is 61.8 Å². The number of carboxylic acids is 1. The second-order valence-electron chi connectivity index (χ2n) is 10.4. The van der Waals surface area contributed by atoms with Crippen molar-refractivity contribution < 1.29 is 23.8 Å². The Morgan fingerprint density at radius 3 is 2.78 bits per heavy atom. The van der Waals surface area contributed by atoms with Gasteiger partial charge in [-0.05, 0) is 75.0 Å². The van der Waals surface area contributed by atoms with E-state index in [1.54, 1.807) is 18.2 Å². The third-order valence-corrected chi connectivity index (χ3v) is 7.89. The number of aromatic nitrogens is 1. The van der Waals surface area contributed by atoms with Crippen LogP contribution >= 0.6 is 0 Å². The van der Waals surface area contributed by atoms with Gasteiger partial charge in [-0.3, -0.25) is 4.79 Å². The fourth-order valence-electron chi connectivity index (χ4n) is 5.41. The third-order valence-electron chi connectivity index (χ3n) is 7.89. The lowest BCUT2D eigenvalue weighted by Gasteiger charge is -2.35. The van der Waals surface area contributed by atoms with Crippen LogP contribution in [0.25, 0.3) is 0 Å². The predicted octanol–water partition coefficient (Wildman–Crippen LogP) is 4.00. The number of hydrogen-bond donors (Lipinski definition) is 3. The normalized spacial score (nSPS) is 22.5. The summed E-state index contributed by atoms with van der Waals surface area (Å²) >= 11 is 0. The van der Waals surface area contributed by atoms with Gasteiger partial charge in [0.2, 0.25) is 5.91 Å². The van der Waals surface area contributed by atoms with Crippen LogP contribution < -0.4 is 10.6 Å². The zero-order valence-electron chi connectivity index (χ0n) is 20.5. The Balaban J connectivity index is 1.03. The molecule has 2 aromatic rings. The van der Waals surface area contributed by atoms with Crippen molar-refractivity contribution in [3.8, 4) is 0 Å². The summed E-state index contributed by atoms with van der Waals surface area (Å²) in [5.41, 5.74) is 1.81. The number of halogens is 1. The number of anilines is 1. The van der Waals surface area contributed by atoms with Gasteiger partial charge in [-0.25, -0.2) is 14.2 Å². The van der Waals surface area contributed by atoms with Gasteiger partial charge in [0.15, 0.2) is 0 Å². The second-order valence-corrected chi connectivity index (χ2v) is 10.4. The van der Waals surface area contributed by atoms with Crippen LogP contribution in [0.4, 0.5) is 10.2 Å². The number of carbonyl (C=O) groups excluding carboxylic acids is 1. The van der Waals surface area contributed by atoms with Crippen LogP contribution in [-0.2, 0) is 32.6 Å². The highest BCUT2D eigenvalue weighted by Crippen LogP contribution is 2.49. The van der Waals surface area contributed by atoms with Gasteiger partial charge in [0.25, 0.3) is 0 Å². The summed E-state index contributed by atoms with van der Waals surface area (Å²) in [5.74, 6) is -0.329. The molecule has 2 heterocycles. The van der Waals surface area contributed by atoms with Gasteiger partial charge in [-0.15, -0.1) is 0 Å².